The topological polar surface area (TPSA) is 41.4 Å². The molecule has 0 aliphatic rings. The number of hydrogen-bond acceptors (Lipinski definition) is 1. The second kappa shape index (κ2) is 8.71. The van der Waals surface area contributed by atoms with Crippen molar-refractivity contribution >= 4 is 29.9 Å². The third-order valence-electron chi connectivity index (χ3n) is 3.28. The van der Waals surface area contributed by atoms with Gasteiger partial charge in [0.2, 0.25) is 0 Å². The molecule has 0 atom stereocenters. The maximum Gasteiger partial charge on any atom is 0.191 e. The monoisotopic (exact) mass is 398 g/mol. The van der Waals surface area contributed by atoms with E-state index >= 15 is 0 Å². The first kappa shape index (κ1) is 17.6. The molecule has 114 valence electrons. The van der Waals surface area contributed by atoms with E-state index in [4.69, 9.17) is 0 Å². The fourth-order valence-electron chi connectivity index (χ4n) is 2.06. The van der Waals surface area contributed by atoms with E-state index in [2.05, 4.69) is 59.1 Å². The van der Waals surface area contributed by atoms with Gasteiger partial charge in [-0.3, -0.25) is 4.99 Å². The van der Waals surface area contributed by atoms with E-state index in [-0.39, 0.29) is 24.0 Å². The van der Waals surface area contributed by atoms with Crippen LogP contribution in [0.3, 0.4) is 0 Å². The predicted octanol–water partition coefficient (Wildman–Crippen LogP) is 2.82. The highest BCUT2D eigenvalue weighted by molar-refractivity contribution is 14.0. The summed E-state index contributed by atoms with van der Waals surface area (Å²) in [5, 5.41) is 6.65. The lowest BCUT2D eigenvalue weighted by Gasteiger charge is -2.12. The van der Waals surface area contributed by atoms with Crippen molar-refractivity contribution in [3.05, 3.63) is 59.4 Å². The summed E-state index contributed by atoms with van der Waals surface area (Å²) in [6, 6.07) is 10.5. The summed E-state index contributed by atoms with van der Waals surface area (Å²) < 4.78 is 2.04. The molecular weight excluding hydrogens is 375 g/mol. The van der Waals surface area contributed by atoms with Gasteiger partial charge in [0.05, 0.1) is 0 Å². The molecule has 5 heteroatoms. The number of aromatic nitrogens is 1. The minimum Gasteiger partial charge on any atom is -0.357 e. The molecule has 21 heavy (non-hydrogen) atoms. The Kier molecular flexibility index (Phi) is 7.28. The summed E-state index contributed by atoms with van der Waals surface area (Å²) in [7, 11) is 3.81. The molecule has 2 rings (SSSR count). The molecule has 0 aliphatic heterocycles. The zero-order valence-corrected chi connectivity index (χ0v) is 15.1. The van der Waals surface area contributed by atoms with Crippen LogP contribution in [0, 0.1) is 6.92 Å². The minimum absolute atomic E-state index is 0. The molecule has 0 unspecified atom stereocenters. The van der Waals surface area contributed by atoms with Gasteiger partial charge >= 0.3 is 0 Å². The maximum atomic E-state index is 4.24. The van der Waals surface area contributed by atoms with Crippen molar-refractivity contribution in [3.8, 4) is 0 Å². The van der Waals surface area contributed by atoms with Crippen molar-refractivity contribution < 1.29 is 0 Å². The van der Waals surface area contributed by atoms with Gasteiger partial charge in [0.15, 0.2) is 5.96 Å². The van der Waals surface area contributed by atoms with Crippen LogP contribution in [-0.2, 0) is 20.1 Å². The molecule has 0 bridgehead atoms. The number of guanidine groups is 1. The molecule has 0 aliphatic carbocycles. The summed E-state index contributed by atoms with van der Waals surface area (Å²) in [6.45, 7) is 3.67. The zero-order chi connectivity index (χ0) is 14.4. The van der Waals surface area contributed by atoms with Crippen molar-refractivity contribution in [3.63, 3.8) is 0 Å². The van der Waals surface area contributed by atoms with Gasteiger partial charge in [-0.2, -0.15) is 0 Å². The van der Waals surface area contributed by atoms with E-state index in [1.54, 1.807) is 7.05 Å². The highest BCUT2D eigenvalue weighted by atomic mass is 127. The van der Waals surface area contributed by atoms with E-state index in [1.165, 1.54) is 16.7 Å². The SMILES string of the molecule is CN=C(NCc1ccn(C)c1)NCc1ccccc1C.I. The van der Waals surface area contributed by atoms with Crippen LogP contribution < -0.4 is 10.6 Å². The highest BCUT2D eigenvalue weighted by Gasteiger charge is 2.01. The number of aliphatic imine (C=N–C) groups is 1. The summed E-state index contributed by atoms with van der Waals surface area (Å²) >= 11 is 0. The Morgan fingerprint density at radius 3 is 2.48 bits per heavy atom. The Hall–Kier alpha value is -1.50. The fraction of sp³-hybridized carbons (Fsp3) is 0.312. The van der Waals surface area contributed by atoms with Gasteiger partial charge < -0.3 is 15.2 Å². The third kappa shape index (κ3) is 5.41. The van der Waals surface area contributed by atoms with Crippen LogP contribution in [-0.4, -0.2) is 17.6 Å². The molecule has 1 heterocycles. The smallest absolute Gasteiger partial charge is 0.191 e. The summed E-state index contributed by atoms with van der Waals surface area (Å²) in [4.78, 5) is 4.24. The predicted molar refractivity (Wildman–Crippen MR) is 99.0 cm³/mol. The van der Waals surface area contributed by atoms with Crippen molar-refractivity contribution in [1.29, 1.82) is 0 Å². The lowest BCUT2D eigenvalue weighted by Crippen LogP contribution is -2.36. The minimum atomic E-state index is 0. The van der Waals surface area contributed by atoms with Crippen molar-refractivity contribution in [1.82, 2.24) is 15.2 Å². The average molecular weight is 398 g/mol. The largest absolute Gasteiger partial charge is 0.357 e. The molecule has 0 spiro atoms. The van der Waals surface area contributed by atoms with Gasteiger partial charge in [-0.25, -0.2) is 0 Å². The first-order chi connectivity index (χ1) is 9.69. The number of rotatable bonds is 4. The summed E-state index contributed by atoms with van der Waals surface area (Å²) in [5.74, 6) is 0.817. The number of nitrogens with zero attached hydrogens (tertiary/aromatic N) is 2. The first-order valence-corrected chi connectivity index (χ1v) is 6.79. The molecule has 1 aromatic carbocycles. The lowest BCUT2D eigenvalue weighted by molar-refractivity contribution is 0.803. The summed E-state index contributed by atoms with van der Waals surface area (Å²) in [6.07, 6.45) is 4.14. The van der Waals surface area contributed by atoms with E-state index in [0.29, 0.717) is 0 Å². The van der Waals surface area contributed by atoms with Crippen molar-refractivity contribution in [2.75, 3.05) is 7.05 Å². The number of hydrogen-bond donors (Lipinski definition) is 2. The van der Waals surface area contributed by atoms with Crippen LogP contribution in [0.4, 0.5) is 0 Å². The van der Waals surface area contributed by atoms with Crippen LogP contribution in [0.5, 0.6) is 0 Å². The van der Waals surface area contributed by atoms with Crippen LogP contribution in [0.1, 0.15) is 16.7 Å². The molecule has 1 aromatic heterocycles. The van der Waals surface area contributed by atoms with E-state index in [9.17, 15) is 0 Å². The van der Waals surface area contributed by atoms with Crippen LogP contribution in [0.2, 0.25) is 0 Å². The molecule has 2 N–H and O–H groups in total. The second-order valence-corrected chi connectivity index (χ2v) is 4.89. The molecule has 0 radical (unpaired) electrons. The zero-order valence-electron chi connectivity index (χ0n) is 12.8. The van der Waals surface area contributed by atoms with Crippen LogP contribution in [0.25, 0.3) is 0 Å². The van der Waals surface area contributed by atoms with Gasteiger partial charge in [0, 0.05) is 39.6 Å². The third-order valence-corrected chi connectivity index (χ3v) is 3.28. The van der Waals surface area contributed by atoms with Gasteiger partial charge in [0.1, 0.15) is 0 Å². The quantitative estimate of drug-likeness (QED) is 0.473. The van der Waals surface area contributed by atoms with Crippen LogP contribution in [0.15, 0.2) is 47.7 Å². The standard InChI is InChI=1S/C16H22N4.HI/c1-13-6-4-5-7-15(13)11-19-16(17-2)18-10-14-8-9-20(3)12-14;/h4-9,12H,10-11H2,1-3H3,(H2,17,18,19);1H. The molecular formula is C16H23IN4. The second-order valence-electron chi connectivity index (χ2n) is 4.89. The molecule has 2 aromatic rings. The first-order valence-electron chi connectivity index (χ1n) is 6.79. The normalized spacial score (nSPS) is 10.9. The molecule has 0 saturated carbocycles. The maximum absolute atomic E-state index is 4.24. The molecule has 4 nitrogen and oxygen atoms in total. The van der Waals surface area contributed by atoms with Crippen molar-refractivity contribution in [2.45, 2.75) is 20.0 Å². The van der Waals surface area contributed by atoms with Crippen molar-refractivity contribution in [2.24, 2.45) is 12.0 Å². The molecule has 0 fully saturated rings. The number of aryl methyl sites for hydroxylation is 2. The number of benzene rings is 1. The van der Waals surface area contributed by atoms with Gasteiger partial charge in [-0.15, -0.1) is 24.0 Å². The van der Waals surface area contributed by atoms with Gasteiger partial charge in [-0.05, 0) is 29.7 Å². The Balaban J connectivity index is 0.00000220. The van der Waals surface area contributed by atoms with Crippen LogP contribution >= 0.6 is 24.0 Å². The highest BCUT2D eigenvalue weighted by Crippen LogP contribution is 2.06. The fourth-order valence-corrected chi connectivity index (χ4v) is 2.06. The Morgan fingerprint density at radius 2 is 1.86 bits per heavy atom. The van der Waals surface area contributed by atoms with E-state index in [1.807, 2.05) is 17.8 Å². The number of nitrogens with one attached hydrogen (secondary N) is 2. The van der Waals surface area contributed by atoms with E-state index in [0.717, 1.165) is 19.0 Å². The Morgan fingerprint density at radius 1 is 1.14 bits per heavy atom. The van der Waals surface area contributed by atoms with Gasteiger partial charge in [-0.1, -0.05) is 24.3 Å². The lowest BCUT2D eigenvalue weighted by atomic mass is 10.1. The summed E-state index contributed by atoms with van der Waals surface area (Å²) in [5.41, 5.74) is 3.82. The van der Waals surface area contributed by atoms with E-state index < -0.39 is 0 Å². The average Bonchev–Trinajstić information content (AvgIpc) is 2.86. The Labute approximate surface area is 143 Å². The van der Waals surface area contributed by atoms with Gasteiger partial charge in [0.25, 0.3) is 0 Å². The Bertz CT molecular complexity index is 589. The number of halogens is 1. The molecule has 0 saturated heterocycles. The molecule has 0 amide bonds.